The molecule has 0 aliphatic carbocycles. The van der Waals surface area contributed by atoms with Gasteiger partial charge in [0, 0.05) is 18.9 Å². The fourth-order valence-electron chi connectivity index (χ4n) is 12.2. The van der Waals surface area contributed by atoms with E-state index in [1.54, 1.807) is 26.0 Å². The van der Waals surface area contributed by atoms with E-state index in [0.29, 0.717) is 51.4 Å². The van der Waals surface area contributed by atoms with Crippen LogP contribution in [0.15, 0.2) is 72.8 Å². The molecule has 1 unspecified atom stereocenters. The van der Waals surface area contributed by atoms with E-state index in [1.165, 1.54) is 26.2 Å². The lowest BCUT2D eigenvalue weighted by Crippen LogP contribution is -2.74. The molecule has 0 fully saturated rings. The van der Waals surface area contributed by atoms with E-state index in [9.17, 15) is 132 Å². The molecule has 2 N–H and O–H groups in total. The second-order valence-corrected chi connectivity index (χ2v) is 37.8. The molecule has 4 aromatic rings. The molecule has 580 valence electrons. The van der Waals surface area contributed by atoms with Gasteiger partial charge in [0.25, 0.3) is 0 Å². The molecule has 0 heterocycles. The quantitative estimate of drug-likeness (QED) is 0.0269. The minimum Gasteiger partial charge on any atom is -0.327 e. The maximum atomic E-state index is 15.1. The molecule has 0 radical (unpaired) electrons. The number of nitrogens with two attached hydrogens (primary N) is 1. The zero-order valence-corrected chi connectivity index (χ0v) is 56.5. The Morgan fingerprint density at radius 2 is 0.634 bits per heavy atom. The minimum absolute atomic E-state index is 0.157. The Bertz CT molecular complexity index is 3370. The Hall–Kier alpha value is -4.59. The van der Waals surface area contributed by atoms with Crippen LogP contribution in [0.1, 0.15) is 121 Å². The van der Waals surface area contributed by atoms with Crippen molar-refractivity contribution in [1.82, 2.24) is 0 Å². The van der Waals surface area contributed by atoms with Gasteiger partial charge in [-0.1, -0.05) is 196 Å². The zero-order chi connectivity index (χ0) is 78.3. The first-order valence-corrected chi connectivity index (χ1v) is 38.1. The molecule has 0 aliphatic heterocycles. The summed E-state index contributed by atoms with van der Waals surface area (Å²) in [6.07, 6.45) is -15.3. The van der Waals surface area contributed by atoms with Gasteiger partial charge in [-0.3, -0.25) is 0 Å². The molecule has 37 heteroatoms. The Labute approximate surface area is 560 Å². The number of alkyl halides is 34. The van der Waals surface area contributed by atoms with Crippen LogP contribution in [0.25, 0.3) is 32.7 Å². The van der Waals surface area contributed by atoms with Crippen LogP contribution in [0.4, 0.5) is 149 Å². The van der Waals surface area contributed by atoms with Crippen molar-refractivity contribution < 1.29 is 149 Å². The maximum Gasteiger partial charge on any atom is 0.460 e. The Kier molecular flexibility index (Phi) is 26.7. The lowest BCUT2D eigenvalue weighted by molar-refractivity contribution is -0.461. The highest BCUT2D eigenvalue weighted by molar-refractivity contribution is 6.79. The van der Waals surface area contributed by atoms with Crippen LogP contribution in [-0.2, 0) is 12.8 Å². The summed E-state index contributed by atoms with van der Waals surface area (Å²) in [5.74, 6) is -113. The molecule has 0 amide bonds. The molecule has 0 saturated carbocycles. The van der Waals surface area contributed by atoms with Crippen LogP contribution >= 0.6 is 0 Å². The Morgan fingerprint density at radius 1 is 0.327 bits per heavy atom. The van der Waals surface area contributed by atoms with Gasteiger partial charge in [0.15, 0.2) is 0 Å². The van der Waals surface area contributed by atoms with E-state index in [2.05, 4.69) is 0 Å². The molecule has 0 aromatic heterocycles. The number of benzene rings is 4. The number of rotatable bonds is 39. The number of halogens is 34. The van der Waals surface area contributed by atoms with Crippen molar-refractivity contribution in [3.8, 4) is 11.1 Å². The highest BCUT2D eigenvalue weighted by Crippen LogP contribution is 2.67. The highest BCUT2D eigenvalue weighted by atomic mass is 28.3. The number of hydrogen-bond donors (Lipinski definition) is 1. The standard InChI is InChI=1S/C64H73F34NSi2/c1-7-9-21-43(100(3,4)33-31-49(65,66)51(69,70)53(73,74)55(77,78)57(81,82)59(85,86)61(89,90)63(93,94)95)23-13-11-12-17-38-27-29-45-40(35-38)18-14-25-47(45)48-26-15-19-41-36-39(28-30-46(41)48)37-42(99)20-16-24-44(22-10-8-2)101(5,6)34-32-50(67,68)52(71,72)54(75,76)56(79,80)58(83,84)60(87,88)62(91,92)64(96,97)98/h14-15,18-19,25-30,35-36,42-44H,7-13,16-17,20-24,31-34,37,99H2,1-6H3/t42?,43-,44-/m1/s1. The molecular formula is C64H73F34NSi2. The normalized spacial score (nSPS) is 16.0. The third kappa shape index (κ3) is 16.7. The van der Waals surface area contributed by atoms with Crippen molar-refractivity contribution in [2.45, 2.75) is 274 Å². The Balaban J connectivity index is 1.41. The van der Waals surface area contributed by atoms with Crippen LogP contribution in [0, 0.1) is 0 Å². The van der Waals surface area contributed by atoms with Gasteiger partial charge in [0.05, 0.1) is 16.1 Å². The fourth-order valence-corrected chi connectivity index (χ4v) is 18.8. The molecule has 0 saturated heterocycles. The van der Waals surface area contributed by atoms with E-state index in [1.807, 2.05) is 60.7 Å². The van der Waals surface area contributed by atoms with E-state index >= 15 is 17.6 Å². The first-order chi connectivity index (χ1) is 45.3. The number of fused-ring (bicyclic) bond motifs is 2. The van der Waals surface area contributed by atoms with E-state index in [4.69, 9.17) is 5.73 Å². The van der Waals surface area contributed by atoms with E-state index in [-0.39, 0.29) is 44.9 Å². The van der Waals surface area contributed by atoms with Crippen molar-refractivity contribution in [3.05, 3.63) is 83.9 Å². The highest BCUT2D eigenvalue weighted by Gasteiger charge is 2.97. The van der Waals surface area contributed by atoms with Crippen LogP contribution in [0.5, 0.6) is 0 Å². The fraction of sp³-hybridized carbons (Fsp3) is 0.688. The van der Waals surface area contributed by atoms with Gasteiger partial charge in [-0.25, -0.2) is 0 Å². The smallest absolute Gasteiger partial charge is 0.327 e. The van der Waals surface area contributed by atoms with Crippen molar-refractivity contribution >= 4 is 37.7 Å². The lowest BCUT2D eigenvalue weighted by atomic mass is 9.88. The zero-order valence-electron chi connectivity index (χ0n) is 54.5. The number of aryl methyl sites for hydroxylation is 1. The van der Waals surface area contributed by atoms with E-state index < -0.39 is 153 Å². The molecule has 4 aromatic carbocycles. The second kappa shape index (κ2) is 30.3. The molecule has 0 spiro atoms. The van der Waals surface area contributed by atoms with Crippen LogP contribution in [-0.4, -0.2) is 117 Å². The van der Waals surface area contributed by atoms with Crippen molar-refractivity contribution in [2.24, 2.45) is 5.73 Å². The summed E-state index contributed by atoms with van der Waals surface area (Å²) in [7, 11) is -6.82. The molecule has 4 rings (SSSR count). The summed E-state index contributed by atoms with van der Waals surface area (Å²) in [6, 6.07) is 19.4. The minimum atomic E-state index is -8.71. The predicted molar refractivity (Wildman–Crippen MR) is 316 cm³/mol. The lowest BCUT2D eigenvalue weighted by Gasteiger charge is -2.43. The third-order valence-corrected chi connectivity index (χ3v) is 27.7. The molecule has 3 atom stereocenters. The predicted octanol–water partition coefficient (Wildman–Crippen LogP) is 26.1. The van der Waals surface area contributed by atoms with Gasteiger partial charge >= 0.3 is 95.3 Å². The molecule has 1 nitrogen and oxygen atoms in total. The van der Waals surface area contributed by atoms with Gasteiger partial charge in [0.1, 0.15) is 0 Å². The van der Waals surface area contributed by atoms with Crippen LogP contribution in [0.2, 0.25) is 49.4 Å². The van der Waals surface area contributed by atoms with Gasteiger partial charge in [-0.05, 0) is 80.6 Å². The van der Waals surface area contributed by atoms with Crippen molar-refractivity contribution in [3.63, 3.8) is 0 Å². The monoisotopic (exact) mass is 1560 g/mol. The average molecular weight is 1560 g/mol. The summed E-state index contributed by atoms with van der Waals surface area (Å²) in [4.78, 5) is 0. The van der Waals surface area contributed by atoms with Gasteiger partial charge in [0.2, 0.25) is 0 Å². The topological polar surface area (TPSA) is 26.0 Å². The Morgan fingerprint density at radius 3 is 0.980 bits per heavy atom. The van der Waals surface area contributed by atoms with Gasteiger partial charge in [-0.15, -0.1) is 0 Å². The first kappa shape index (κ1) is 88.8. The number of hydrogen-bond acceptors (Lipinski definition) is 1. The molecular weight excluding hydrogens is 1480 g/mol. The van der Waals surface area contributed by atoms with Crippen molar-refractivity contribution in [1.29, 1.82) is 0 Å². The molecule has 0 bridgehead atoms. The van der Waals surface area contributed by atoms with Crippen LogP contribution in [0.3, 0.4) is 0 Å². The largest absolute Gasteiger partial charge is 0.460 e. The summed E-state index contributed by atoms with van der Waals surface area (Å²) >= 11 is 0. The molecule has 101 heavy (non-hydrogen) atoms. The van der Waals surface area contributed by atoms with Crippen LogP contribution < -0.4 is 5.73 Å². The summed E-state index contributed by atoms with van der Waals surface area (Å²) in [6.45, 7) is 8.79. The summed E-state index contributed by atoms with van der Waals surface area (Å²) in [5, 5.41) is 3.20. The van der Waals surface area contributed by atoms with Gasteiger partial charge in [-0.2, -0.15) is 149 Å². The SMILES string of the molecule is CCCC[C@H](CCCCCc1ccc2c(-c3cccc4cc(CC(N)CCC[C@@H](CCCC)[Si](C)(C)CCC(F)(F)C(F)(F)C(F)(F)C(F)(F)C(F)(F)C(F)(F)C(F)(F)C(F)(F)F)ccc34)cccc2c1)[Si](C)(C)CCC(F)(F)C(F)(F)C(F)(F)C(F)(F)C(F)(F)C(F)(F)C(F)(F)C(F)(F)F. The average Bonchev–Trinajstić information content (AvgIpc) is 0.701. The van der Waals surface area contributed by atoms with E-state index in [0.717, 1.165) is 43.8 Å². The second-order valence-electron chi connectivity index (χ2n) is 27.2. The van der Waals surface area contributed by atoms with Crippen molar-refractivity contribution in [2.75, 3.05) is 0 Å². The summed E-state index contributed by atoms with van der Waals surface area (Å²) in [5.41, 5.74) is 8.59. The third-order valence-electron chi connectivity index (χ3n) is 19.1. The summed E-state index contributed by atoms with van der Waals surface area (Å²) < 4.78 is 475. The number of unbranched alkanes of at least 4 members (excludes halogenated alkanes) is 4. The first-order valence-electron chi connectivity index (χ1n) is 31.5. The maximum absolute atomic E-state index is 15.1. The molecule has 0 aliphatic rings. The van der Waals surface area contributed by atoms with Gasteiger partial charge < -0.3 is 5.73 Å².